The summed E-state index contributed by atoms with van der Waals surface area (Å²) in [5, 5.41) is 2.56. The predicted octanol–water partition coefficient (Wildman–Crippen LogP) is 3.73. The van der Waals surface area contributed by atoms with Crippen LogP contribution in [-0.2, 0) is 6.42 Å². The van der Waals surface area contributed by atoms with E-state index in [1.807, 2.05) is 11.4 Å². The molecule has 0 N–H and O–H groups in total. The molecule has 0 unspecified atom stereocenters. The van der Waals surface area contributed by atoms with Gasteiger partial charge in [-0.15, -0.1) is 11.3 Å². The van der Waals surface area contributed by atoms with Crippen LogP contribution in [0, 0.1) is 6.92 Å². The first-order valence-corrected chi connectivity index (χ1v) is 6.04. The van der Waals surface area contributed by atoms with E-state index in [-0.39, 0.29) is 0 Å². The molecule has 2 rings (SSSR count). The first kappa shape index (κ1) is 10.6. The van der Waals surface area contributed by atoms with Gasteiger partial charge in [-0.25, -0.2) is 9.97 Å². The standard InChI is InChI=1S/C11H11ClN2S/c1-3-8-6-9(12)14-11(13-8)10-7(2)4-5-15-10/h4-6H,3H2,1-2H3. The minimum absolute atomic E-state index is 0.518. The van der Waals surface area contributed by atoms with E-state index < -0.39 is 0 Å². The molecular formula is C11H11ClN2S. The van der Waals surface area contributed by atoms with Crippen LogP contribution in [0.4, 0.5) is 0 Å². The first-order valence-electron chi connectivity index (χ1n) is 4.78. The van der Waals surface area contributed by atoms with Crippen LogP contribution in [0.3, 0.4) is 0 Å². The van der Waals surface area contributed by atoms with Crippen LogP contribution in [0.1, 0.15) is 18.2 Å². The number of hydrogen-bond donors (Lipinski definition) is 0. The average Bonchev–Trinajstić information content (AvgIpc) is 2.63. The summed E-state index contributed by atoms with van der Waals surface area (Å²) in [6.45, 7) is 4.12. The highest BCUT2D eigenvalue weighted by atomic mass is 35.5. The van der Waals surface area contributed by atoms with Gasteiger partial charge in [0.05, 0.1) is 4.88 Å². The number of nitrogens with zero attached hydrogens (tertiary/aromatic N) is 2. The van der Waals surface area contributed by atoms with Crippen LogP contribution in [0.15, 0.2) is 17.5 Å². The first-order chi connectivity index (χ1) is 7.20. The van der Waals surface area contributed by atoms with Gasteiger partial charge in [-0.1, -0.05) is 18.5 Å². The Morgan fingerprint density at radius 2 is 2.20 bits per heavy atom. The van der Waals surface area contributed by atoms with Crippen LogP contribution in [0.2, 0.25) is 5.15 Å². The van der Waals surface area contributed by atoms with Crippen molar-refractivity contribution in [3.8, 4) is 10.7 Å². The zero-order valence-corrected chi connectivity index (χ0v) is 10.2. The minimum Gasteiger partial charge on any atom is -0.232 e. The van der Waals surface area contributed by atoms with Gasteiger partial charge in [0.25, 0.3) is 0 Å². The van der Waals surface area contributed by atoms with Crippen molar-refractivity contribution in [3.05, 3.63) is 33.9 Å². The molecule has 0 saturated heterocycles. The quantitative estimate of drug-likeness (QED) is 0.745. The van der Waals surface area contributed by atoms with E-state index >= 15 is 0 Å². The van der Waals surface area contributed by atoms with Crippen LogP contribution < -0.4 is 0 Å². The Morgan fingerprint density at radius 1 is 1.40 bits per heavy atom. The molecule has 2 aromatic rings. The number of halogens is 1. The monoisotopic (exact) mass is 238 g/mol. The zero-order chi connectivity index (χ0) is 10.8. The Balaban J connectivity index is 2.53. The molecule has 0 radical (unpaired) electrons. The molecule has 0 aliphatic rings. The molecule has 0 bridgehead atoms. The molecule has 2 heterocycles. The van der Waals surface area contributed by atoms with Crippen molar-refractivity contribution in [2.24, 2.45) is 0 Å². The molecule has 0 aromatic carbocycles. The molecular weight excluding hydrogens is 228 g/mol. The number of hydrogen-bond acceptors (Lipinski definition) is 3. The second-order valence-corrected chi connectivity index (χ2v) is 4.60. The summed E-state index contributed by atoms with van der Waals surface area (Å²) in [4.78, 5) is 9.82. The van der Waals surface area contributed by atoms with Gasteiger partial charge in [-0.05, 0) is 36.4 Å². The molecule has 2 nitrogen and oxygen atoms in total. The van der Waals surface area contributed by atoms with E-state index in [0.717, 1.165) is 22.8 Å². The van der Waals surface area contributed by atoms with E-state index in [0.29, 0.717) is 5.15 Å². The van der Waals surface area contributed by atoms with Gasteiger partial charge in [-0.2, -0.15) is 0 Å². The third-order valence-electron chi connectivity index (χ3n) is 2.18. The van der Waals surface area contributed by atoms with Gasteiger partial charge < -0.3 is 0 Å². The largest absolute Gasteiger partial charge is 0.232 e. The second-order valence-electron chi connectivity index (χ2n) is 3.29. The lowest BCUT2D eigenvalue weighted by Gasteiger charge is -2.02. The van der Waals surface area contributed by atoms with Crippen LogP contribution in [-0.4, -0.2) is 9.97 Å². The molecule has 15 heavy (non-hydrogen) atoms. The van der Waals surface area contributed by atoms with E-state index in [1.54, 1.807) is 11.3 Å². The Labute approximate surface area is 98.0 Å². The van der Waals surface area contributed by atoms with Crippen molar-refractivity contribution < 1.29 is 0 Å². The van der Waals surface area contributed by atoms with E-state index in [1.165, 1.54) is 5.56 Å². The maximum absolute atomic E-state index is 5.95. The molecule has 4 heteroatoms. The number of thiophene rings is 1. The summed E-state index contributed by atoms with van der Waals surface area (Å²) < 4.78 is 0. The minimum atomic E-state index is 0.518. The highest BCUT2D eigenvalue weighted by Crippen LogP contribution is 2.27. The predicted molar refractivity (Wildman–Crippen MR) is 64.5 cm³/mol. The van der Waals surface area contributed by atoms with Gasteiger partial charge >= 0.3 is 0 Å². The summed E-state index contributed by atoms with van der Waals surface area (Å²) in [6.07, 6.45) is 0.875. The van der Waals surface area contributed by atoms with Gasteiger partial charge in [0.15, 0.2) is 5.82 Å². The molecule has 0 amide bonds. The Hall–Kier alpha value is -0.930. The van der Waals surface area contributed by atoms with Crippen molar-refractivity contribution >= 4 is 22.9 Å². The molecule has 0 saturated carbocycles. The zero-order valence-electron chi connectivity index (χ0n) is 8.62. The van der Waals surface area contributed by atoms with Crippen molar-refractivity contribution in [2.75, 3.05) is 0 Å². The van der Waals surface area contributed by atoms with Crippen molar-refractivity contribution in [2.45, 2.75) is 20.3 Å². The van der Waals surface area contributed by atoms with Crippen molar-refractivity contribution in [1.29, 1.82) is 0 Å². The molecule has 0 spiro atoms. The van der Waals surface area contributed by atoms with Gasteiger partial charge in [0.2, 0.25) is 0 Å². The third-order valence-corrected chi connectivity index (χ3v) is 3.38. The number of rotatable bonds is 2. The Morgan fingerprint density at radius 3 is 2.80 bits per heavy atom. The fraction of sp³-hybridized carbons (Fsp3) is 0.273. The lowest BCUT2D eigenvalue weighted by atomic mass is 10.2. The highest BCUT2D eigenvalue weighted by molar-refractivity contribution is 7.13. The summed E-state index contributed by atoms with van der Waals surface area (Å²) in [5.74, 6) is 0.742. The SMILES string of the molecule is CCc1cc(Cl)nc(-c2sccc2C)n1. The fourth-order valence-corrected chi connectivity index (χ4v) is 2.41. The second kappa shape index (κ2) is 4.29. The summed E-state index contributed by atoms with van der Waals surface area (Å²) >= 11 is 7.60. The fourth-order valence-electron chi connectivity index (χ4n) is 1.35. The van der Waals surface area contributed by atoms with Crippen LogP contribution >= 0.6 is 22.9 Å². The maximum Gasteiger partial charge on any atom is 0.171 e. The topological polar surface area (TPSA) is 25.8 Å². The number of aryl methyl sites for hydroxylation is 2. The van der Waals surface area contributed by atoms with Crippen molar-refractivity contribution in [3.63, 3.8) is 0 Å². The van der Waals surface area contributed by atoms with Crippen LogP contribution in [0.5, 0.6) is 0 Å². The molecule has 0 atom stereocenters. The molecule has 2 aromatic heterocycles. The summed E-state index contributed by atoms with van der Waals surface area (Å²) in [7, 11) is 0. The Kier molecular flexibility index (Phi) is 3.03. The Bertz CT molecular complexity index is 479. The van der Waals surface area contributed by atoms with Gasteiger partial charge in [-0.3, -0.25) is 0 Å². The van der Waals surface area contributed by atoms with Gasteiger partial charge in [0, 0.05) is 5.69 Å². The van der Waals surface area contributed by atoms with E-state index in [2.05, 4.69) is 29.9 Å². The summed E-state index contributed by atoms with van der Waals surface area (Å²) in [5.41, 5.74) is 2.18. The highest BCUT2D eigenvalue weighted by Gasteiger charge is 2.08. The van der Waals surface area contributed by atoms with Crippen LogP contribution in [0.25, 0.3) is 10.7 Å². The summed E-state index contributed by atoms with van der Waals surface area (Å²) in [6, 6.07) is 3.88. The van der Waals surface area contributed by atoms with Crippen molar-refractivity contribution in [1.82, 2.24) is 9.97 Å². The molecule has 0 fully saturated rings. The molecule has 0 aliphatic carbocycles. The third kappa shape index (κ3) is 2.19. The lowest BCUT2D eigenvalue weighted by Crippen LogP contribution is -1.94. The van der Waals surface area contributed by atoms with E-state index in [9.17, 15) is 0 Å². The molecule has 78 valence electrons. The number of aromatic nitrogens is 2. The van der Waals surface area contributed by atoms with E-state index in [4.69, 9.17) is 11.6 Å². The normalized spacial score (nSPS) is 10.6. The molecule has 0 aliphatic heterocycles. The maximum atomic E-state index is 5.95. The lowest BCUT2D eigenvalue weighted by molar-refractivity contribution is 1.01. The average molecular weight is 239 g/mol. The smallest absolute Gasteiger partial charge is 0.171 e. The van der Waals surface area contributed by atoms with Gasteiger partial charge in [0.1, 0.15) is 5.15 Å².